The third-order valence-electron chi connectivity index (χ3n) is 7.87. The zero-order valence-corrected chi connectivity index (χ0v) is 26.9. The molecule has 1 aliphatic heterocycles. The topological polar surface area (TPSA) is 92.4 Å². The fourth-order valence-electron chi connectivity index (χ4n) is 5.47. The Hall–Kier alpha value is -4.22. The molecular weight excluding hydrogens is 604 g/mol. The number of rotatable bonds is 9. The maximum atomic E-state index is 14.5. The van der Waals surface area contributed by atoms with Gasteiger partial charge in [0.1, 0.15) is 16.5 Å². The highest BCUT2D eigenvalue weighted by molar-refractivity contribution is 7.22. The summed E-state index contributed by atoms with van der Waals surface area (Å²) in [7, 11) is 2.00. The van der Waals surface area contributed by atoms with Gasteiger partial charge in [0, 0.05) is 47.9 Å². The van der Waals surface area contributed by atoms with Crippen LogP contribution in [0.3, 0.4) is 0 Å². The molecule has 1 amide bonds. The van der Waals surface area contributed by atoms with Crippen LogP contribution in [0.4, 0.5) is 14.5 Å². The van der Waals surface area contributed by atoms with Crippen molar-refractivity contribution < 1.29 is 13.6 Å². The number of hydrogen-bond acceptors (Lipinski definition) is 6. The summed E-state index contributed by atoms with van der Waals surface area (Å²) < 4.78 is 30.8. The van der Waals surface area contributed by atoms with Crippen molar-refractivity contribution in [1.82, 2.24) is 14.8 Å². The molecule has 0 radical (unpaired) electrons. The van der Waals surface area contributed by atoms with Gasteiger partial charge in [-0.15, -0.1) is 11.3 Å². The van der Waals surface area contributed by atoms with E-state index in [4.69, 9.17) is 5.73 Å². The molecule has 1 unspecified atom stereocenters. The molecule has 0 aliphatic carbocycles. The Balaban J connectivity index is 0.000000624. The number of nitrogens with zero attached hydrogens (tertiary/aromatic N) is 2. The first-order valence-electron chi connectivity index (χ1n) is 15.4. The minimum atomic E-state index is -0.629. The summed E-state index contributed by atoms with van der Waals surface area (Å²) in [6.45, 7) is 4.03. The number of aromatic nitrogens is 1. The van der Waals surface area contributed by atoms with Crippen LogP contribution in [0.25, 0.3) is 20.7 Å². The molecule has 5 aromatic rings. The van der Waals surface area contributed by atoms with Gasteiger partial charge < -0.3 is 20.9 Å². The number of anilines is 1. The molecule has 6 rings (SSSR count). The molecule has 0 saturated carbocycles. The van der Waals surface area contributed by atoms with Crippen LogP contribution in [0.1, 0.15) is 42.9 Å². The minimum Gasteiger partial charge on any atom is -0.334 e. The molecule has 3 aromatic carbocycles. The zero-order chi connectivity index (χ0) is 32.6. The zero-order valence-electron chi connectivity index (χ0n) is 26.1. The van der Waals surface area contributed by atoms with Gasteiger partial charge in [-0.25, -0.2) is 8.78 Å². The van der Waals surface area contributed by atoms with E-state index in [1.807, 2.05) is 49.5 Å². The van der Waals surface area contributed by atoms with Crippen molar-refractivity contribution in [3.63, 3.8) is 0 Å². The van der Waals surface area contributed by atoms with Gasteiger partial charge in [0.05, 0.1) is 18.1 Å². The van der Waals surface area contributed by atoms with Crippen LogP contribution in [0.5, 0.6) is 0 Å². The van der Waals surface area contributed by atoms with Gasteiger partial charge in [-0.05, 0) is 67.4 Å². The standard InChI is InChI=1S/C32H29F2N3O2S.C4H10N2/c1-3-29(39)35-23-14-12-22(13-15-23)31-25(19-36(2)18-21-8-5-4-6-9-21)30-28(38)16-17-37(32(30)40-31)20-24-26(33)10-7-11-27(24)34;5-4-2-1-3-6-4/h4-17H,3,18-20H2,1-2H3,(H,35,39);4,6H,1-3,5H2. The van der Waals surface area contributed by atoms with E-state index >= 15 is 0 Å². The van der Waals surface area contributed by atoms with Gasteiger partial charge in [0.2, 0.25) is 5.91 Å². The lowest BCUT2D eigenvalue weighted by atomic mass is 10.0. The van der Waals surface area contributed by atoms with Crippen LogP contribution in [0.2, 0.25) is 0 Å². The van der Waals surface area contributed by atoms with Gasteiger partial charge >= 0.3 is 0 Å². The van der Waals surface area contributed by atoms with Gasteiger partial charge in [-0.2, -0.15) is 0 Å². The largest absolute Gasteiger partial charge is 0.334 e. The molecule has 0 bridgehead atoms. The van der Waals surface area contributed by atoms with Crippen LogP contribution in [-0.4, -0.2) is 35.1 Å². The lowest BCUT2D eigenvalue weighted by molar-refractivity contribution is -0.115. The van der Waals surface area contributed by atoms with E-state index in [9.17, 15) is 18.4 Å². The second-order valence-electron chi connectivity index (χ2n) is 11.4. The van der Waals surface area contributed by atoms with E-state index < -0.39 is 11.6 Å². The molecule has 1 atom stereocenters. The molecule has 1 fully saturated rings. The molecule has 4 N–H and O–H groups in total. The van der Waals surface area contributed by atoms with Gasteiger partial charge in [0.15, 0.2) is 5.43 Å². The Bertz CT molecular complexity index is 1810. The monoisotopic (exact) mass is 643 g/mol. The van der Waals surface area contributed by atoms with Crippen LogP contribution >= 0.6 is 11.3 Å². The van der Waals surface area contributed by atoms with Crippen LogP contribution in [-0.2, 0) is 24.4 Å². The number of nitrogens with one attached hydrogen (secondary N) is 2. The fraction of sp³-hybridized carbons (Fsp3) is 0.278. The van der Waals surface area contributed by atoms with Gasteiger partial charge in [0.25, 0.3) is 0 Å². The minimum absolute atomic E-state index is 0.0451. The molecule has 7 nitrogen and oxygen atoms in total. The molecule has 46 heavy (non-hydrogen) atoms. The average molecular weight is 644 g/mol. The molecule has 10 heteroatoms. The van der Waals surface area contributed by atoms with Crippen molar-refractivity contribution in [2.75, 3.05) is 18.9 Å². The molecule has 1 aliphatic rings. The van der Waals surface area contributed by atoms with Crippen molar-refractivity contribution in [2.24, 2.45) is 5.73 Å². The number of benzene rings is 3. The van der Waals surface area contributed by atoms with E-state index in [1.54, 1.807) is 17.7 Å². The summed E-state index contributed by atoms with van der Waals surface area (Å²) in [6.07, 6.45) is 4.67. The average Bonchev–Trinajstić information content (AvgIpc) is 3.68. The van der Waals surface area contributed by atoms with E-state index in [2.05, 4.69) is 27.7 Å². The number of thiophene rings is 1. The van der Waals surface area contributed by atoms with E-state index in [-0.39, 0.29) is 23.4 Å². The summed E-state index contributed by atoms with van der Waals surface area (Å²) in [5.74, 6) is -1.33. The first-order valence-corrected chi connectivity index (χ1v) is 16.2. The first kappa shape index (κ1) is 33.2. The van der Waals surface area contributed by atoms with Crippen LogP contribution in [0.15, 0.2) is 89.9 Å². The number of carbonyl (C=O) groups is 1. The molecule has 0 spiro atoms. The van der Waals surface area contributed by atoms with Crippen LogP contribution < -0.4 is 21.8 Å². The number of fused-ring (bicyclic) bond motifs is 1. The summed E-state index contributed by atoms with van der Waals surface area (Å²) in [4.78, 5) is 28.8. The van der Waals surface area contributed by atoms with E-state index in [0.717, 1.165) is 34.5 Å². The Morgan fingerprint density at radius 3 is 2.33 bits per heavy atom. The van der Waals surface area contributed by atoms with E-state index in [0.29, 0.717) is 41.6 Å². The van der Waals surface area contributed by atoms with Crippen molar-refractivity contribution in [2.45, 2.75) is 52.0 Å². The summed E-state index contributed by atoms with van der Waals surface area (Å²) in [6, 6.07) is 22.9. The normalized spacial score (nSPS) is 14.3. The second kappa shape index (κ2) is 15.4. The third-order valence-corrected chi connectivity index (χ3v) is 9.18. The Kier molecular flexibility index (Phi) is 11.1. The summed E-state index contributed by atoms with van der Waals surface area (Å²) >= 11 is 1.43. The smallest absolute Gasteiger partial charge is 0.224 e. The fourth-order valence-corrected chi connectivity index (χ4v) is 6.77. The SMILES string of the molecule is CCC(=O)Nc1ccc(-c2sc3c(c2CN(C)Cc2ccccc2)c(=O)ccn3Cc2c(F)cccc2F)cc1.NC1CCCN1. The lowest BCUT2D eigenvalue weighted by Gasteiger charge is -2.18. The number of carbonyl (C=O) groups excluding carboxylic acids is 1. The van der Waals surface area contributed by atoms with Crippen molar-refractivity contribution in [3.8, 4) is 10.4 Å². The highest BCUT2D eigenvalue weighted by atomic mass is 32.1. The Morgan fingerprint density at radius 2 is 1.72 bits per heavy atom. The molecular formula is C36H39F2N5O2S. The van der Waals surface area contributed by atoms with Crippen molar-refractivity contribution in [3.05, 3.63) is 124 Å². The van der Waals surface area contributed by atoms with Gasteiger partial charge in [-0.3, -0.25) is 14.5 Å². The second-order valence-corrected chi connectivity index (χ2v) is 12.4. The number of pyridine rings is 1. The predicted octanol–water partition coefficient (Wildman–Crippen LogP) is 6.69. The van der Waals surface area contributed by atoms with Gasteiger partial charge in [-0.1, -0.05) is 55.5 Å². The molecule has 2 aromatic heterocycles. The van der Waals surface area contributed by atoms with Crippen LogP contribution in [0, 0.1) is 11.6 Å². The Labute approximate surface area is 271 Å². The first-order chi connectivity index (χ1) is 22.2. The highest BCUT2D eigenvalue weighted by Crippen LogP contribution is 2.39. The molecule has 1 saturated heterocycles. The predicted molar refractivity (Wildman–Crippen MR) is 183 cm³/mol. The van der Waals surface area contributed by atoms with E-state index in [1.165, 1.54) is 42.0 Å². The molecule has 240 valence electrons. The maximum absolute atomic E-state index is 14.5. The quantitative estimate of drug-likeness (QED) is 0.167. The number of nitrogens with two attached hydrogens (primary N) is 1. The highest BCUT2D eigenvalue weighted by Gasteiger charge is 2.21. The number of hydrogen-bond donors (Lipinski definition) is 3. The summed E-state index contributed by atoms with van der Waals surface area (Å²) in [5, 5.41) is 6.50. The summed E-state index contributed by atoms with van der Waals surface area (Å²) in [5.41, 5.74) is 8.81. The lowest BCUT2D eigenvalue weighted by Crippen LogP contribution is -2.30. The third kappa shape index (κ3) is 8.13. The van der Waals surface area contributed by atoms with Crippen molar-refractivity contribution >= 4 is 33.1 Å². The molecule has 3 heterocycles. The maximum Gasteiger partial charge on any atom is 0.224 e. The Morgan fingerprint density at radius 1 is 1.00 bits per heavy atom. The number of amides is 1. The number of halogens is 2. The van der Waals surface area contributed by atoms with Crippen molar-refractivity contribution in [1.29, 1.82) is 0 Å².